The molecule has 0 fully saturated rings. The van der Waals surface area contributed by atoms with E-state index >= 15 is 0 Å². The molecule has 6 heteroatoms. The van der Waals surface area contributed by atoms with E-state index in [1.165, 1.54) is 24.3 Å². The van der Waals surface area contributed by atoms with Crippen LogP contribution in [0.2, 0.25) is 0 Å². The maximum Gasteiger partial charge on any atom is 0.214 e. The topological polar surface area (TPSA) is 64.5 Å². The zero-order valence-electron chi connectivity index (χ0n) is 11.3. The van der Waals surface area contributed by atoms with E-state index in [9.17, 15) is 8.78 Å². The number of rotatable bonds is 3. The lowest BCUT2D eigenvalue weighted by atomic mass is 10.1. The minimum Gasteiger partial charge on any atom is -0.323 e. The van der Waals surface area contributed by atoms with Gasteiger partial charge in [-0.3, -0.25) is 5.32 Å². The third-order valence-electron chi connectivity index (χ3n) is 3.13. The molecule has 0 aliphatic heterocycles. The van der Waals surface area contributed by atoms with Gasteiger partial charge >= 0.3 is 0 Å². The SMILES string of the molecule is N#CNc1nc(-c2ccc(F)cc2)c(-c2ccc(F)cc2)[nH]1. The van der Waals surface area contributed by atoms with Gasteiger partial charge < -0.3 is 4.98 Å². The van der Waals surface area contributed by atoms with Gasteiger partial charge in [-0.05, 0) is 48.5 Å². The largest absolute Gasteiger partial charge is 0.323 e. The zero-order valence-corrected chi connectivity index (χ0v) is 11.3. The quantitative estimate of drug-likeness (QED) is 0.569. The van der Waals surface area contributed by atoms with Crippen molar-refractivity contribution in [2.75, 3.05) is 5.32 Å². The van der Waals surface area contributed by atoms with Crippen molar-refractivity contribution in [1.82, 2.24) is 9.97 Å². The number of nitrogens with one attached hydrogen (secondary N) is 2. The number of nitriles is 1. The van der Waals surface area contributed by atoms with Gasteiger partial charge in [0.15, 0.2) is 6.19 Å². The summed E-state index contributed by atoms with van der Waals surface area (Å²) in [7, 11) is 0. The Bertz CT molecular complexity index is 767. The first-order chi connectivity index (χ1) is 10.7. The van der Waals surface area contributed by atoms with Crippen molar-refractivity contribution in [2.45, 2.75) is 0 Å². The normalized spacial score (nSPS) is 10.2. The van der Waals surface area contributed by atoms with E-state index in [2.05, 4.69) is 15.3 Å². The summed E-state index contributed by atoms with van der Waals surface area (Å²) >= 11 is 0. The zero-order chi connectivity index (χ0) is 15.5. The van der Waals surface area contributed by atoms with Gasteiger partial charge in [0.25, 0.3) is 0 Å². The predicted octanol–water partition coefficient (Wildman–Crippen LogP) is 3.91. The third-order valence-corrected chi connectivity index (χ3v) is 3.13. The number of aromatic nitrogens is 2. The van der Waals surface area contributed by atoms with Crippen LogP contribution in [0.25, 0.3) is 22.5 Å². The highest BCUT2D eigenvalue weighted by atomic mass is 19.1. The van der Waals surface area contributed by atoms with Crippen molar-refractivity contribution in [2.24, 2.45) is 0 Å². The number of imidazole rings is 1. The Morgan fingerprint density at radius 1 is 0.909 bits per heavy atom. The third kappa shape index (κ3) is 2.65. The fraction of sp³-hybridized carbons (Fsp3) is 0. The average molecular weight is 296 g/mol. The molecule has 2 N–H and O–H groups in total. The van der Waals surface area contributed by atoms with Gasteiger partial charge in [0.05, 0.1) is 11.4 Å². The monoisotopic (exact) mass is 296 g/mol. The van der Waals surface area contributed by atoms with E-state index < -0.39 is 0 Å². The van der Waals surface area contributed by atoms with Gasteiger partial charge in [-0.15, -0.1) is 0 Å². The molecule has 0 aliphatic carbocycles. The fourth-order valence-corrected chi connectivity index (χ4v) is 2.13. The number of hydrogen-bond donors (Lipinski definition) is 2. The second-order valence-corrected chi connectivity index (χ2v) is 4.56. The molecule has 1 heterocycles. The summed E-state index contributed by atoms with van der Waals surface area (Å²) in [5.74, 6) is -0.430. The van der Waals surface area contributed by atoms with Crippen LogP contribution in [0.15, 0.2) is 48.5 Å². The first kappa shape index (κ1) is 13.8. The standard InChI is InChI=1S/C16H10F2N4/c17-12-5-1-10(2-6-12)14-15(22-16(21-14)20-9-19)11-3-7-13(18)8-4-11/h1-8H,(H2,20,21,22). The van der Waals surface area contributed by atoms with Crippen LogP contribution >= 0.6 is 0 Å². The van der Waals surface area contributed by atoms with E-state index in [0.717, 1.165) is 0 Å². The summed E-state index contributed by atoms with van der Waals surface area (Å²) < 4.78 is 26.1. The number of aromatic amines is 1. The smallest absolute Gasteiger partial charge is 0.214 e. The van der Waals surface area contributed by atoms with Crippen LogP contribution in [-0.4, -0.2) is 9.97 Å². The molecule has 0 bridgehead atoms. The summed E-state index contributed by atoms with van der Waals surface area (Å²) in [6.07, 6.45) is 1.78. The van der Waals surface area contributed by atoms with E-state index in [1.54, 1.807) is 30.5 Å². The van der Waals surface area contributed by atoms with E-state index in [-0.39, 0.29) is 17.6 Å². The van der Waals surface area contributed by atoms with Gasteiger partial charge in [0, 0.05) is 11.1 Å². The first-order valence-corrected chi connectivity index (χ1v) is 6.44. The highest BCUT2D eigenvalue weighted by molar-refractivity contribution is 5.80. The summed E-state index contributed by atoms with van der Waals surface area (Å²) in [6, 6.07) is 11.7. The molecule has 0 spiro atoms. The Morgan fingerprint density at radius 3 is 2.00 bits per heavy atom. The number of H-pyrrole nitrogens is 1. The van der Waals surface area contributed by atoms with Crippen molar-refractivity contribution < 1.29 is 8.78 Å². The predicted molar refractivity (Wildman–Crippen MR) is 78.6 cm³/mol. The van der Waals surface area contributed by atoms with E-state index in [0.29, 0.717) is 22.5 Å². The van der Waals surface area contributed by atoms with Crippen LogP contribution in [0.5, 0.6) is 0 Å². The van der Waals surface area contributed by atoms with Crippen molar-refractivity contribution in [3.8, 4) is 28.7 Å². The molecule has 0 aliphatic rings. The molecule has 0 unspecified atom stereocenters. The number of hydrogen-bond acceptors (Lipinski definition) is 3. The van der Waals surface area contributed by atoms with Crippen molar-refractivity contribution >= 4 is 5.95 Å². The average Bonchev–Trinajstić information content (AvgIpc) is 2.93. The molecule has 0 saturated heterocycles. The summed E-state index contributed by atoms with van der Waals surface area (Å²) in [5.41, 5.74) is 2.55. The molecule has 3 aromatic rings. The highest BCUT2D eigenvalue weighted by Crippen LogP contribution is 2.31. The molecule has 1 aromatic heterocycles. The van der Waals surface area contributed by atoms with Crippen molar-refractivity contribution in [1.29, 1.82) is 5.26 Å². The Labute approximate surface area is 125 Å². The van der Waals surface area contributed by atoms with Crippen LogP contribution in [0.1, 0.15) is 0 Å². The van der Waals surface area contributed by atoms with Crippen molar-refractivity contribution in [3.05, 3.63) is 60.2 Å². The number of benzene rings is 2. The van der Waals surface area contributed by atoms with Gasteiger partial charge in [0.1, 0.15) is 11.6 Å². The van der Waals surface area contributed by atoms with Gasteiger partial charge in [-0.25, -0.2) is 13.8 Å². The van der Waals surface area contributed by atoms with Crippen LogP contribution in [0, 0.1) is 23.1 Å². The molecular weight excluding hydrogens is 286 g/mol. The Kier molecular flexibility index (Phi) is 3.54. The maximum atomic E-state index is 13.1. The lowest BCUT2D eigenvalue weighted by molar-refractivity contribution is 0.627. The molecule has 3 rings (SSSR count). The fourth-order valence-electron chi connectivity index (χ4n) is 2.13. The van der Waals surface area contributed by atoms with Crippen LogP contribution in [-0.2, 0) is 0 Å². The molecule has 0 amide bonds. The number of nitrogens with zero attached hydrogens (tertiary/aromatic N) is 2. The van der Waals surface area contributed by atoms with Crippen molar-refractivity contribution in [3.63, 3.8) is 0 Å². The lowest BCUT2D eigenvalue weighted by Gasteiger charge is -2.03. The molecule has 22 heavy (non-hydrogen) atoms. The van der Waals surface area contributed by atoms with E-state index in [1.807, 2.05) is 0 Å². The van der Waals surface area contributed by atoms with Crippen LogP contribution in [0.4, 0.5) is 14.7 Å². The lowest BCUT2D eigenvalue weighted by Crippen LogP contribution is -1.88. The molecule has 4 nitrogen and oxygen atoms in total. The summed E-state index contributed by atoms with van der Waals surface area (Å²) in [6.45, 7) is 0. The molecule has 2 aromatic carbocycles. The molecule has 0 saturated carbocycles. The highest BCUT2D eigenvalue weighted by Gasteiger charge is 2.14. The summed E-state index contributed by atoms with van der Waals surface area (Å²) in [5, 5.41) is 11.1. The van der Waals surface area contributed by atoms with Gasteiger partial charge in [0.2, 0.25) is 5.95 Å². The Morgan fingerprint density at radius 2 is 1.45 bits per heavy atom. The minimum atomic E-state index is -0.349. The number of anilines is 1. The summed E-state index contributed by atoms with van der Waals surface area (Å²) in [4.78, 5) is 7.26. The maximum absolute atomic E-state index is 13.1. The first-order valence-electron chi connectivity index (χ1n) is 6.44. The van der Waals surface area contributed by atoms with Gasteiger partial charge in [-0.1, -0.05) is 0 Å². The second-order valence-electron chi connectivity index (χ2n) is 4.56. The Balaban J connectivity index is 2.13. The van der Waals surface area contributed by atoms with E-state index in [4.69, 9.17) is 5.26 Å². The van der Waals surface area contributed by atoms with Gasteiger partial charge in [-0.2, -0.15) is 5.26 Å². The molecule has 0 atom stereocenters. The van der Waals surface area contributed by atoms with Crippen LogP contribution in [0.3, 0.4) is 0 Å². The minimum absolute atomic E-state index is 0.265. The Hall–Kier alpha value is -3.20. The molecule has 0 radical (unpaired) electrons. The number of halogens is 2. The molecular formula is C16H10F2N4. The molecule has 108 valence electrons. The van der Waals surface area contributed by atoms with Crippen LogP contribution < -0.4 is 5.32 Å². The second kappa shape index (κ2) is 5.66.